The topological polar surface area (TPSA) is 29.5 Å². The number of halogens is 3. The first-order valence-electron chi connectivity index (χ1n) is 9.44. The Bertz CT molecular complexity index is 903. The van der Waals surface area contributed by atoms with E-state index in [9.17, 15) is 9.18 Å². The van der Waals surface area contributed by atoms with E-state index in [0.29, 0.717) is 28.3 Å². The number of thioether (sulfide) groups is 1. The Kier molecular flexibility index (Phi) is 7.18. The van der Waals surface area contributed by atoms with Gasteiger partial charge in [-0.1, -0.05) is 23.7 Å². The maximum absolute atomic E-state index is 13.9. The molecule has 2 aromatic carbocycles. The third-order valence-corrected chi connectivity index (χ3v) is 6.76. The van der Waals surface area contributed by atoms with Gasteiger partial charge < -0.3 is 9.64 Å². The molecule has 0 saturated heterocycles. The summed E-state index contributed by atoms with van der Waals surface area (Å²) >= 11 is 11.1. The summed E-state index contributed by atoms with van der Waals surface area (Å²) in [5.41, 5.74) is 2.67. The van der Waals surface area contributed by atoms with E-state index >= 15 is 0 Å². The average Bonchev–Trinajstić information content (AvgIpc) is 2.80. The molecule has 156 valence electrons. The molecule has 3 rings (SSSR count). The number of nitrogens with zero attached hydrogens (tertiary/aromatic N) is 1. The van der Waals surface area contributed by atoms with Gasteiger partial charge in [-0.15, -0.1) is 11.8 Å². The van der Waals surface area contributed by atoms with Crippen molar-refractivity contribution in [1.82, 2.24) is 4.90 Å². The number of fused-ring (bicyclic) bond motifs is 1. The molecule has 0 aliphatic carbocycles. The molecule has 1 aliphatic rings. The summed E-state index contributed by atoms with van der Waals surface area (Å²) in [7, 11) is 0. The van der Waals surface area contributed by atoms with Crippen LogP contribution in [0, 0.1) is 5.82 Å². The minimum absolute atomic E-state index is 0.0454. The van der Waals surface area contributed by atoms with E-state index in [1.165, 1.54) is 5.56 Å². The third-order valence-electron chi connectivity index (χ3n) is 4.58. The van der Waals surface area contributed by atoms with Crippen LogP contribution in [-0.4, -0.2) is 29.7 Å². The number of carbonyl (C=O) groups excluding carboxylic acids is 1. The van der Waals surface area contributed by atoms with Crippen molar-refractivity contribution in [3.8, 4) is 0 Å². The zero-order valence-corrected chi connectivity index (χ0v) is 19.8. The van der Waals surface area contributed by atoms with E-state index in [0.717, 1.165) is 17.5 Å². The monoisotopic (exact) mass is 499 g/mol. The van der Waals surface area contributed by atoms with Gasteiger partial charge in [0.05, 0.1) is 4.47 Å². The molecule has 1 atom stereocenters. The first-order valence-corrected chi connectivity index (χ1v) is 11.7. The first kappa shape index (κ1) is 22.4. The third kappa shape index (κ3) is 6.12. The Morgan fingerprint density at radius 2 is 2.07 bits per heavy atom. The van der Waals surface area contributed by atoms with Gasteiger partial charge in [-0.3, -0.25) is 0 Å². The van der Waals surface area contributed by atoms with E-state index in [-0.39, 0.29) is 17.2 Å². The van der Waals surface area contributed by atoms with Crippen LogP contribution in [-0.2, 0) is 16.9 Å². The van der Waals surface area contributed by atoms with Crippen LogP contribution >= 0.6 is 39.3 Å². The molecule has 29 heavy (non-hydrogen) atoms. The second-order valence-corrected chi connectivity index (χ2v) is 10.5. The number of benzene rings is 2. The van der Waals surface area contributed by atoms with Gasteiger partial charge in [0.25, 0.3) is 0 Å². The van der Waals surface area contributed by atoms with Crippen molar-refractivity contribution in [3.63, 3.8) is 0 Å². The molecule has 0 N–H and O–H groups in total. The molecule has 1 unspecified atom stereocenters. The molecule has 0 bridgehead atoms. The highest BCUT2D eigenvalue weighted by atomic mass is 79.9. The Hall–Kier alpha value is -1.24. The summed E-state index contributed by atoms with van der Waals surface area (Å²) in [5.74, 6) is 0.366. The highest BCUT2D eigenvalue weighted by molar-refractivity contribution is 9.10. The molecule has 1 amide bonds. The lowest BCUT2D eigenvalue weighted by molar-refractivity contribution is 0.0257. The molecule has 7 heteroatoms. The van der Waals surface area contributed by atoms with Gasteiger partial charge in [-0.05, 0) is 84.1 Å². The Labute approximate surface area is 189 Å². The summed E-state index contributed by atoms with van der Waals surface area (Å²) in [6.45, 7) is 6.71. The quantitative estimate of drug-likeness (QED) is 0.454. The second kappa shape index (κ2) is 9.27. The molecule has 0 saturated carbocycles. The minimum atomic E-state index is -0.545. The maximum atomic E-state index is 13.9. The van der Waals surface area contributed by atoms with Gasteiger partial charge in [0.15, 0.2) is 0 Å². The zero-order chi connectivity index (χ0) is 21.2. The lowest BCUT2D eigenvalue weighted by atomic mass is 10.0. The fraction of sp³-hybridized carbons (Fsp3) is 0.409. The Morgan fingerprint density at radius 1 is 1.31 bits per heavy atom. The van der Waals surface area contributed by atoms with Gasteiger partial charge in [-0.25, -0.2) is 9.18 Å². The Balaban J connectivity index is 1.82. The van der Waals surface area contributed by atoms with E-state index < -0.39 is 5.60 Å². The van der Waals surface area contributed by atoms with Crippen LogP contribution in [0.15, 0.2) is 40.9 Å². The summed E-state index contributed by atoms with van der Waals surface area (Å²) < 4.78 is 19.9. The largest absolute Gasteiger partial charge is 0.444 e. The molecular formula is C22H24BrClFNO2S. The zero-order valence-electron chi connectivity index (χ0n) is 16.7. The van der Waals surface area contributed by atoms with Crippen molar-refractivity contribution < 1.29 is 13.9 Å². The van der Waals surface area contributed by atoms with Crippen LogP contribution < -0.4 is 0 Å². The number of ether oxygens (including phenoxy) is 1. The van der Waals surface area contributed by atoms with E-state index in [1.54, 1.807) is 28.8 Å². The average molecular weight is 501 g/mol. The SMILES string of the molecule is CC(C)(C)OC(=O)N1CCc2cc(Cl)ccc2C(SCc2ccc(Br)c(F)c2)C1. The van der Waals surface area contributed by atoms with Gasteiger partial charge in [0.1, 0.15) is 11.4 Å². The van der Waals surface area contributed by atoms with Crippen LogP contribution in [0.4, 0.5) is 9.18 Å². The highest BCUT2D eigenvalue weighted by Gasteiger charge is 2.29. The van der Waals surface area contributed by atoms with Crippen LogP contribution in [0.3, 0.4) is 0 Å². The number of hydrogen-bond acceptors (Lipinski definition) is 3. The van der Waals surface area contributed by atoms with E-state index in [2.05, 4.69) is 15.9 Å². The van der Waals surface area contributed by atoms with Gasteiger partial charge in [0.2, 0.25) is 0 Å². The number of rotatable bonds is 3. The fourth-order valence-electron chi connectivity index (χ4n) is 3.21. The van der Waals surface area contributed by atoms with Crippen molar-refractivity contribution in [1.29, 1.82) is 0 Å². The molecule has 1 heterocycles. The van der Waals surface area contributed by atoms with Crippen molar-refractivity contribution >= 4 is 45.4 Å². The van der Waals surface area contributed by atoms with Crippen LogP contribution in [0.2, 0.25) is 5.02 Å². The maximum Gasteiger partial charge on any atom is 0.410 e. The van der Waals surface area contributed by atoms with E-state index in [1.807, 2.05) is 45.0 Å². The molecule has 3 nitrogen and oxygen atoms in total. The lowest BCUT2D eigenvalue weighted by Crippen LogP contribution is -2.38. The van der Waals surface area contributed by atoms with Crippen molar-refractivity contribution in [2.45, 2.75) is 43.8 Å². The number of hydrogen-bond donors (Lipinski definition) is 0. The smallest absolute Gasteiger partial charge is 0.410 e. The Morgan fingerprint density at radius 3 is 2.76 bits per heavy atom. The fourth-order valence-corrected chi connectivity index (χ4v) is 4.92. The van der Waals surface area contributed by atoms with Crippen LogP contribution in [0.5, 0.6) is 0 Å². The molecule has 0 radical (unpaired) electrons. The number of carbonyl (C=O) groups is 1. The van der Waals surface area contributed by atoms with Crippen molar-refractivity contribution in [2.24, 2.45) is 0 Å². The van der Waals surface area contributed by atoms with Crippen molar-refractivity contribution in [2.75, 3.05) is 13.1 Å². The predicted octanol–water partition coefficient (Wildman–Crippen LogP) is 7.01. The normalized spacial score (nSPS) is 16.9. The van der Waals surface area contributed by atoms with Crippen LogP contribution in [0.25, 0.3) is 0 Å². The summed E-state index contributed by atoms with van der Waals surface area (Å²) in [6, 6.07) is 11.1. The molecule has 2 aromatic rings. The summed E-state index contributed by atoms with van der Waals surface area (Å²) in [4.78, 5) is 14.5. The van der Waals surface area contributed by atoms with Gasteiger partial charge in [-0.2, -0.15) is 0 Å². The lowest BCUT2D eigenvalue weighted by Gasteiger charge is -2.28. The second-order valence-electron chi connectivity index (χ2n) is 8.07. The predicted molar refractivity (Wildman–Crippen MR) is 121 cm³/mol. The molecule has 0 fully saturated rings. The highest BCUT2D eigenvalue weighted by Crippen LogP contribution is 2.38. The number of amides is 1. The molecule has 0 spiro atoms. The van der Waals surface area contributed by atoms with Gasteiger partial charge in [0, 0.05) is 29.1 Å². The van der Waals surface area contributed by atoms with E-state index in [4.69, 9.17) is 16.3 Å². The molecule has 0 aromatic heterocycles. The first-order chi connectivity index (χ1) is 13.6. The van der Waals surface area contributed by atoms with Crippen LogP contribution in [0.1, 0.15) is 42.7 Å². The standard InChI is InChI=1S/C22H24BrClFNO2S/c1-22(2,3)28-21(27)26-9-8-15-11-16(24)5-6-17(15)20(12-26)29-13-14-4-7-18(23)19(25)10-14/h4-7,10-11,20H,8-9,12-13H2,1-3H3. The molecule has 1 aliphatic heterocycles. The summed E-state index contributed by atoms with van der Waals surface area (Å²) in [5, 5.41) is 0.734. The van der Waals surface area contributed by atoms with Crippen molar-refractivity contribution in [3.05, 3.63) is 68.4 Å². The summed E-state index contributed by atoms with van der Waals surface area (Å²) in [6.07, 6.45) is 0.413. The van der Waals surface area contributed by atoms with Gasteiger partial charge >= 0.3 is 6.09 Å². The minimum Gasteiger partial charge on any atom is -0.444 e. The molecular weight excluding hydrogens is 477 g/mol.